The van der Waals surface area contributed by atoms with Crippen LogP contribution < -0.4 is 10.7 Å². The van der Waals surface area contributed by atoms with Crippen LogP contribution in [0.1, 0.15) is 19.4 Å². The van der Waals surface area contributed by atoms with Gasteiger partial charge in [0.15, 0.2) is 0 Å². The molecule has 3 N–H and O–H groups in total. The molecular weight excluding hydrogens is 409 g/mol. The van der Waals surface area contributed by atoms with Gasteiger partial charge < -0.3 is 15.3 Å². The zero-order valence-electron chi connectivity index (χ0n) is 14.4. The topological polar surface area (TPSA) is 129 Å². The monoisotopic (exact) mass is 422 g/mol. The molecule has 152 valence electrons. The van der Waals surface area contributed by atoms with Crippen molar-refractivity contribution >= 4 is 46.5 Å². The number of nitrogens with one attached hydrogen (secondary N) is 2. The van der Waals surface area contributed by atoms with E-state index in [0.29, 0.717) is 12.1 Å². The van der Waals surface area contributed by atoms with Crippen LogP contribution in [0.2, 0.25) is 5.02 Å². The maximum atomic E-state index is 12.7. The lowest BCUT2D eigenvalue weighted by molar-refractivity contribution is -0.137. The second-order valence-corrected chi connectivity index (χ2v) is 5.36. The van der Waals surface area contributed by atoms with Crippen LogP contribution in [0.3, 0.4) is 0 Å². The molecule has 0 heterocycles. The minimum absolute atomic E-state index is 0.0162. The van der Waals surface area contributed by atoms with Crippen LogP contribution in [0.5, 0.6) is 0 Å². The summed E-state index contributed by atoms with van der Waals surface area (Å²) in [7, 11) is 0. The smallest absolute Gasteiger partial charge is 0.416 e. The highest BCUT2D eigenvalue weighted by molar-refractivity contribution is 6.65. The Morgan fingerprint density at radius 1 is 1.25 bits per heavy atom. The lowest BCUT2D eigenvalue weighted by Gasteiger charge is -2.11. The number of rotatable bonds is 5. The number of halogens is 4. The number of ether oxygens (including phenoxy) is 1. The molecule has 0 atom stereocenters. The first-order valence-electron chi connectivity index (χ1n) is 7.43. The molecular formula is C15H14ClF3N4O5. The first kappa shape index (κ1) is 22.9. The molecule has 13 heteroatoms. The van der Waals surface area contributed by atoms with Crippen molar-refractivity contribution in [1.82, 2.24) is 5.43 Å². The van der Waals surface area contributed by atoms with Crippen LogP contribution >= 0.6 is 11.6 Å². The Morgan fingerprint density at radius 2 is 1.89 bits per heavy atom. The molecule has 0 aromatic heterocycles. The van der Waals surface area contributed by atoms with Crippen molar-refractivity contribution in [3.8, 4) is 0 Å². The third kappa shape index (κ3) is 6.23. The van der Waals surface area contributed by atoms with Crippen LogP contribution in [0.4, 0.5) is 18.9 Å². The average molecular weight is 423 g/mol. The Balaban J connectivity index is 2.87. The molecule has 0 spiro atoms. The summed E-state index contributed by atoms with van der Waals surface area (Å²) in [4.78, 5) is 35.0. The van der Waals surface area contributed by atoms with Crippen molar-refractivity contribution in [1.29, 1.82) is 0 Å². The summed E-state index contributed by atoms with van der Waals surface area (Å²) in [6, 6.07) is 2.17. The van der Waals surface area contributed by atoms with Gasteiger partial charge >= 0.3 is 24.0 Å². The number of nitrogens with zero attached hydrogens (tertiary/aromatic N) is 2. The standard InChI is InChI=1S/C15H14ClF3N4O5/c1-3-28-14(26)11(23-27)7(2)21-22-13(25)12(24)20-10-6-8(15(17,18)19)4-5-9(10)16/h4-6,27H,3H2,1-2H3,(H,20,24)(H,22,25). The maximum absolute atomic E-state index is 12.7. The molecule has 1 aromatic rings. The lowest BCUT2D eigenvalue weighted by Crippen LogP contribution is -2.34. The Morgan fingerprint density at radius 3 is 2.43 bits per heavy atom. The summed E-state index contributed by atoms with van der Waals surface area (Å²) in [5, 5.41) is 16.5. The van der Waals surface area contributed by atoms with Gasteiger partial charge in [-0.1, -0.05) is 16.8 Å². The largest absolute Gasteiger partial charge is 0.461 e. The number of carbonyl (C=O) groups excluding carboxylic acids is 3. The number of amides is 2. The quantitative estimate of drug-likeness (QED) is 0.220. The fraction of sp³-hybridized carbons (Fsp3) is 0.267. The summed E-state index contributed by atoms with van der Waals surface area (Å²) in [6.45, 7) is 2.66. The molecule has 0 unspecified atom stereocenters. The van der Waals surface area contributed by atoms with Gasteiger partial charge in [0.2, 0.25) is 5.71 Å². The van der Waals surface area contributed by atoms with Gasteiger partial charge in [0.05, 0.1) is 28.6 Å². The highest BCUT2D eigenvalue weighted by atomic mass is 35.5. The fourth-order valence-corrected chi connectivity index (χ4v) is 1.84. The highest BCUT2D eigenvalue weighted by Crippen LogP contribution is 2.33. The molecule has 0 radical (unpaired) electrons. The van der Waals surface area contributed by atoms with Crippen molar-refractivity contribution in [2.75, 3.05) is 11.9 Å². The highest BCUT2D eigenvalue weighted by Gasteiger charge is 2.31. The van der Waals surface area contributed by atoms with Crippen LogP contribution in [-0.4, -0.2) is 41.0 Å². The number of anilines is 1. The second-order valence-electron chi connectivity index (χ2n) is 4.95. The van der Waals surface area contributed by atoms with Gasteiger partial charge in [-0.2, -0.15) is 18.3 Å². The normalized spacial score (nSPS) is 12.4. The number of hydrogen-bond donors (Lipinski definition) is 3. The van der Waals surface area contributed by atoms with Crippen molar-refractivity contribution in [2.45, 2.75) is 20.0 Å². The molecule has 0 aliphatic rings. The van der Waals surface area contributed by atoms with Crippen LogP contribution in [0, 0.1) is 0 Å². The molecule has 1 aromatic carbocycles. The molecule has 0 aliphatic carbocycles. The minimum Gasteiger partial charge on any atom is -0.461 e. The fourth-order valence-electron chi connectivity index (χ4n) is 1.68. The van der Waals surface area contributed by atoms with Gasteiger partial charge in [-0.25, -0.2) is 10.2 Å². The van der Waals surface area contributed by atoms with Gasteiger partial charge in [-0.15, -0.1) is 0 Å². The SMILES string of the molecule is CCOC(=O)C(=NO)C(C)=NNC(=O)C(=O)Nc1cc(C(F)(F)F)ccc1Cl. The number of hydrogen-bond acceptors (Lipinski definition) is 7. The summed E-state index contributed by atoms with van der Waals surface area (Å²) in [5.74, 6) is -3.79. The van der Waals surface area contributed by atoms with E-state index in [1.165, 1.54) is 13.8 Å². The minimum atomic E-state index is -4.68. The Bertz CT molecular complexity index is 839. The Kier molecular flexibility index (Phi) is 7.92. The molecule has 9 nitrogen and oxygen atoms in total. The lowest BCUT2D eigenvalue weighted by atomic mass is 10.2. The molecule has 0 saturated carbocycles. The molecule has 0 bridgehead atoms. The van der Waals surface area contributed by atoms with E-state index in [1.807, 2.05) is 5.32 Å². The van der Waals surface area contributed by atoms with E-state index in [1.54, 1.807) is 5.43 Å². The van der Waals surface area contributed by atoms with Crippen LogP contribution in [-0.2, 0) is 25.3 Å². The van der Waals surface area contributed by atoms with E-state index in [9.17, 15) is 27.6 Å². The van der Waals surface area contributed by atoms with Crippen LogP contribution in [0.15, 0.2) is 28.5 Å². The number of benzene rings is 1. The predicted octanol–water partition coefficient (Wildman–Crippen LogP) is 2.18. The Hall–Kier alpha value is -3.15. The predicted molar refractivity (Wildman–Crippen MR) is 92.2 cm³/mol. The average Bonchev–Trinajstić information content (AvgIpc) is 2.61. The summed E-state index contributed by atoms with van der Waals surface area (Å²) in [6.07, 6.45) is -4.68. The number of hydrazone groups is 1. The van der Waals surface area contributed by atoms with Gasteiger partial charge in [0.25, 0.3) is 0 Å². The van der Waals surface area contributed by atoms with Crippen LogP contribution in [0.25, 0.3) is 0 Å². The van der Waals surface area contributed by atoms with Crippen molar-refractivity contribution in [3.63, 3.8) is 0 Å². The third-order valence-corrected chi connectivity index (χ3v) is 3.31. The van der Waals surface area contributed by atoms with Gasteiger partial charge in [-0.3, -0.25) is 9.59 Å². The number of esters is 1. The summed E-state index contributed by atoms with van der Waals surface area (Å²) >= 11 is 5.71. The zero-order chi connectivity index (χ0) is 21.5. The zero-order valence-corrected chi connectivity index (χ0v) is 15.2. The maximum Gasteiger partial charge on any atom is 0.416 e. The van der Waals surface area contributed by atoms with Gasteiger partial charge in [0.1, 0.15) is 0 Å². The number of oxime groups is 1. The molecule has 0 saturated heterocycles. The molecule has 0 aliphatic heterocycles. The molecule has 2 amide bonds. The second kappa shape index (κ2) is 9.69. The molecule has 28 heavy (non-hydrogen) atoms. The molecule has 1 rings (SSSR count). The van der Waals surface area contributed by atoms with E-state index in [4.69, 9.17) is 16.8 Å². The number of carbonyl (C=O) groups is 3. The van der Waals surface area contributed by atoms with E-state index < -0.39 is 40.9 Å². The van der Waals surface area contributed by atoms with Crippen molar-refractivity contribution in [2.24, 2.45) is 10.3 Å². The van der Waals surface area contributed by atoms with Crippen molar-refractivity contribution in [3.05, 3.63) is 28.8 Å². The summed E-state index contributed by atoms with van der Waals surface area (Å²) in [5.41, 5.74) is -0.690. The molecule has 0 fully saturated rings. The number of alkyl halides is 3. The summed E-state index contributed by atoms with van der Waals surface area (Å²) < 4.78 is 42.7. The van der Waals surface area contributed by atoms with E-state index in [0.717, 1.165) is 6.07 Å². The van der Waals surface area contributed by atoms with Gasteiger partial charge in [0, 0.05) is 0 Å². The van der Waals surface area contributed by atoms with E-state index in [2.05, 4.69) is 15.0 Å². The van der Waals surface area contributed by atoms with Gasteiger partial charge in [-0.05, 0) is 32.0 Å². The van der Waals surface area contributed by atoms with E-state index in [-0.39, 0.29) is 17.3 Å². The van der Waals surface area contributed by atoms with Crippen molar-refractivity contribution < 1.29 is 37.5 Å². The Labute approximate surface area is 161 Å². The third-order valence-electron chi connectivity index (χ3n) is 2.98. The first-order valence-corrected chi connectivity index (χ1v) is 7.81. The first-order chi connectivity index (χ1) is 13.0. The van der Waals surface area contributed by atoms with E-state index >= 15 is 0 Å².